The Morgan fingerprint density at radius 2 is 1.95 bits per heavy atom. The molecule has 0 saturated carbocycles. The minimum atomic E-state index is -3.33. The van der Waals surface area contributed by atoms with Crippen LogP contribution in [0.25, 0.3) is 0 Å². The Bertz CT molecular complexity index is 600. The number of nitrogens with one attached hydrogen (secondary N) is 2. The highest BCUT2D eigenvalue weighted by atomic mass is 35.5. The molecule has 1 amide bonds. The molecular weight excluding hydrogens is 314 g/mol. The van der Waals surface area contributed by atoms with E-state index in [-0.39, 0.29) is 18.2 Å². The summed E-state index contributed by atoms with van der Waals surface area (Å²) in [6.07, 6.45) is 0. The van der Waals surface area contributed by atoms with Crippen LogP contribution in [0, 0.1) is 0 Å². The number of halogens is 1. The van der Waals surface area contributed by atoms with Gasteiger partial charge in [0.2, 0.25) is 10.0 Å². The van der Waals surface area contributed by atoms with E-state index >= 15 is 0 Å². The molecule has 2 rings (SSSR count). The van der Waals surface area contributed by atoms with Crippen LogP contribution in [-0.4, -0.2) is 57.1 Å². The zero-order valence-corrected chi connectivity index (χ0v) is 13.1. The Hall–Kier alpha value is -1.15. The molecule has 6 nitrogen and oxygen atoms in total. The maximum absolute atomic E-state index is 12.1. The number of hydrogen-bond donors (Lipinski definition) is 2. The minimum absolute atomic E-state index is 0.0658. The van der Waals surface area contributed by atoms with E-state index in [2.05, 4.69) is 10.6 Å². The summed E-state index contributed by atoms with van der Waals surface area (Å²) in [7, 11) is -3.33. The first-order chi connectivity index (χ1) is 10.0. The second kappa shape index (κ2) is 7.22. The molecule has 0 spiro atoms. The molecule has 1 aromatic rings. The van der Waals surface area contributed by atoms with Gasteiger partial charge in [-0.1, -0.05) is 23.7 Å². The van der Waals surface area contributed by atoms with Crippen LogP contribution in [0.5, 0.6) is 0 Å². The van der Waals surface area contributed by atoms with Crippen LogP contribution >= 0.6 is 11.6 Å². The lowest BCUT2D eigenvalue weighted by Gasteiger charge is -2.26. The van der Waals surface area contributed by atoms with Gasteiger partial charge >= 0.3 is 0 Å². The zero-order chi connectivity index (χ0) is 15.3. The number of nitrogens with zero attached hydrogens (tertiary/aromatic N) is 1. The number of hydrogen-bond acceptors (Lipinski definition) is 4. The van der Waals surface area contributed by atoms with Crippen molar-refractivity contribution in [2.24, 2.45) is 0 Å². The van der Waals surface area contributed by atoms with Crippen molar-refractivity contribution in [2.45, 2.75) is 0 Å². The Kier molecular flexibility index (Phi) is 5.58. The third-order valence-electron chi connectivity index (χ3n) is 3.23. The first-order valence-electron chi connectivity index (χ1n) is 6.72. The predicted molar refractivity (Wildman–Crippen MR) is 82.0 cm³/mol. The molecule has 1 aliphatic rings. The van der Waals surface area contributed by atoms with Gasteiger partial charge in [-0.25, -0.2) is 8.42 Å². The van der Waals surface area contributed by atoms with Gasteiger partial charge in [-0.3, -0.25) is 4.79 Å². The lowest BCUT2D eigenvalue weighted by molar-refractivity contribution is 0.0956. The summed E-state index contributed by atoms with van der Waals surface area (Å²) in [4.78, 5) is 11.9. The van der Waals surface area contributed by atoms with E-state index in [4.69, 9.17) is 11.6 Å². The van der Waals surface area contributed by atoms with Crippen molar-refractivity contribution < 1.29 is 13.2 Å². The molecule has 1 aliphatic heterocycles. The van der Waals surface area contributed by atoms with Crippen molar-refractivity contribution in [1.82, 2.24) is 14.9 Å². The van der Waals surface area contributed by atoms with Crippen molar-refractivity contribution in [3.8, 4) is 0 Å². The number of rotatable bonds is 5. The zero-order valence-electron chi connectivity index (χ0n) is 11.5. The van der Waals surface area contributed by atoms with Crippen LogP contribution in [0.3, 0.4) is 0 Å². The maximum atomic E-state index is 12.1. The van der Waals surface area contributed by atoms with E-state index in [1.165, 1.54) is 4.31 Å². The Morgan fingerprint density at radius 1 is 1.29 bits per heavy atom. The fourth-order valence-corrected chi connectivity index (χ4v) is 3.66. The predicted octanol–water partition coefficient (Wildman–Crippen LogP) is 0.305. The second-order valence-electron chi connectivity index (χ2n) is 4.70. The number of amides is 1. The van der Waals surface area contributed by atoms with Crippen molar-refractivity contribution in [1.29, 1.82) is 0 Å². The Balaban J connectivity index is 1.86. The normalized spacial score (nSPS) is 16.6. The number of sulfonamides is 1. The highest BCUT2D eigenvalue weighted by molar-refractivity contribution is 7.89. The minimum Gasteiger partial charge on any atom is -0.351 e. The van der Waals surface area contributed by atoms with Gasteiger partial charge in [0, 0.05) is 32.7 Å². The van der Waals surface area contributed by atoms with E-state index in [1.807, 2.05) is 0 Å². The summed E-state index contributed by atoms with van der Waals surface area (Å²) >= 11 is 5.92. The average Bonchev–Trinajstić information content (AvgIpc) is 2.48. The van der Waals surface area contributed by atoms with E-state index in [0.717, 1.165) is 0 Å². The van der Waals surface area contributed by atoms with Crippen LogP contribution < -0.4 is 10.6 Å². The lowest BCUT2D eigenvalue weighted by atomic mass is 10.2. The van der Waals surface area contributed by atoms with Crippen molar-refractivity contribution in [3.05, 3.63) is 34.9 Å². The Labute approximate surface area is 129 Å². The molecule has 2 N–H and O–H groups in total. The van der Waals surface area contributed by atoms with Gasteiger partial charge in [0.05, 0.1) is 16.3 Å². The molecule has 1 aromatic carbocycles. The second-order valence-corrected chi connectivity index (χ2v) is 7.20. The molecule has 0 aromatic heterocycles. The molecule has 116 valence electrons. The largest absolute Gasteiger partial charge is 0.351 e. The van der Waals surface area contributed by atoms with E-state index in [0.29, 0.717) is 36.8 Å². The summed E-state index contributed by atoms with van der Waals surface area (Å²) in [5.41, 5.74) is 0.346. The average molecular weight is 332 g/mol. The standard InChI is InChI=1S/C13H18ClN3O3S/c14-12-4-2-1-3-11(12)13(18)16-7-10-21(19,20)17-8-5-15-6-9-17/h1-4,15H,5-10H2,(H,16,18). The first kappa shape index (κ1) is 16.2. The number of carbonyl (C=O) groups is 1. The van der Waals surface area contributed by atoms with Gasteiger partial charge < -0.3 is 10.6 Å². The molecule has 8 heteroatoms. The Morgan fingerprint density at radius 3 is 2.62 bits per heavy atom. The molecular formula is C13H18ClN3O3S. The monoisotopic (exact) mass is 331 g/mol. The van der Waals surface area contributed by atoms with Crippen LogP contribution in [0.15, 0.2) is 24.3 Å². The molecule has 1 saturated heterocycles. The topological polar surface area (TPSA) is 78.5 Å². The van der Waals surface area contributed by atoms with Gasteiger partial charge in [0.25, 0.3) is 5.91 Å². The van der Waals surface area contributed by atoms with Crippen LogP contribution in [0.1, 0.15) is 10.4 Å². The molecule has 21 heavy (non-hydrogen) atoms. The molecule has 0 atom stereocenters. The molecule has 1 fully saturated rings. The van der Waals surface area contributed by atoms with Crippen LogP contribution in [0.4, 0.5) is 0 Å². The summed E-state index contributed by atoms with van der Waals surface area (Å²) in [5.74, 6) is -0.473. The molecule has 0 aliphatic carbocycles. The van der Waals surface area contributed by atoms with Gasteiger partial charge in [-0.2, -0.15) is 4.31 Å². The van der Waals surface area contributed by atoms with Gasteiger partial charge in [-0.05, 0) is 12.1 Å². The summed E-state index contributed by atoms with van der Waals surface area (Å²) in [5, 5.41) is 6.04. The quantitative estimate of drug-likeness (QED) is 0.813. The third kappa shape index (κ3) is 4.41. The van der Waals surface area contributed by atoms with Gasteiger partial charge in [0.15, 0.2) is 0 Å². The fraction of sp³-hybridized carbons (Fsp3) is 0.462. The van der Waals surface area contributed by atoms with Gasteiger partial charge in [-0.15, -0.1) is 0 Å². The number of piperazine rings is 1. The molecule has 0 unspecified atom stereocenters. The third-order valence-corrected chi connectivity index (χ3v) is 5.43. The molecule has 0 radical (unpaired) electrons. The number of benzene rings is 1. The highest BCUT2D eigenvalue weighted by Gasteiger charge is 2.23. The number of carbonyl (C=O) groups excluding carboxylic acids is 1. The maximum Gasteiger partial charge on any atom is 0.252 e. The summed E-state index contributed by atoms with van der Waals surface area (Å²) < 4.78 is 25.6. The summed E-state index contributed by atoms with van der Waals surface area (Å²) in [6, 6.07) is 6.66. The van der Waals surface area contributed by atoms with E-state index < -0.39 is 10.0 Å². The van der Waals surface area contributed by atoms with Crippen LogP contribution in [0.2, 0.25) is 5.02 Å². The fourth-order valence-electron chi connectivity index (χ4n) is 2.09. The van der Waals surface area contributed by atoms with E-state index in [1.54, 1.807) is 24.3 Å². The van der Waals surface area contributed by atoms with Crippen molar-refractivity contribution >= 4 is 27.5 Å². The van der Waals surface area contributed by atoms with Crippen molar-refractivity contribution in [3.63, 3.8) is 0 Å². The SMILES string of the molecule is O=C(NCCS(=O)(=O)N1CCNCC1)c1ccccc1Cl. The van der Waals surface area contributed by atoms with Gasteiger partial charge in [0.1, 0.15) is 0 Å². The smallest absolute Gasteiger partial charge is 0.252 e. The molecule has 1 heterocycles. The van der Waals surface area contributed by atoms with Crippen molar-refractivity contribution in [2.75, 3.05) is 38.5 Å². The highest BCUT2D eigenvalue weighted by Crippen LogP contribution is 2.14. The first-order valence-corrected chi connectivity index (χ1v) is 8.71. The molecule has 0 bridgehead atoms. The van der Waals surface area contributed by atoms with Crippen LogP contribution in [-0.2, 0) is 10.0 Å². The summed E-state index contributed by atoms with van der Waals surface area (Å²) in [6.45, 7) is 2.33. The van der Waals surface area contributed by atoms with E-state index in [9.17, 15) is 13.2 Å². The lowest BCUT2D eigenvalue weighted by Crippen LogP contribution is -2.48.